The molecule has 0 unspecified atom stereocenters. The van der Waals surface area contributed by atoms with Gasteiger partial charge in [-0.1, -0.05) is 24.3 Å². The Hall–Kier alpha value is -3.08. The zero-order valence-electron chi connectivity index (χ0n) is 13.8. The summed E-state index contributed by atoms with van der Waals surface area (Å²) in [7, 11) is 0. The number of nitrogens with one attached hydrogen (secondary N) is 1. The van der Waals surface area contributed by atoms with Crippen molar-refractivity contribution in [3.8, 4) is 11.4 Å². The highest BCUT2D eigenvalue weighted by Gasteiger charge is 2.29. The molecule has 1 heterocycles. The number of hydrogen-bond acceptors (Lipinski definition) is 3. The first kappa shape index (κ1) is 15.4. The van der Waals surface area contributed by atoms with E-state index in [1.807, 2.05) is 71.5 Å². The quantitative estimate of drug-likeness (QED) is 0.746. The summed E-state index contributed by atoms with van der Waals surface area (Å²) >= 11 is 0. The second-order valence-electron chi connectivity index (χ2n) is 6.17. The lowest BCUT2D eigenvalue weighted by Gasteiger charge is -2.08. The number of nitrogens with zero attached hydrogens (tertiary/aromatic N) is 2. The third kappa shape index (κ3) is 3.88. The predicted octanol–water partition coefficient (Wildman–Crippen LogP) is 3.80. The van der Waals surface area contributed by atoms with Gasteiger partial charge in [-0.25, -0.2) is 4.68 Å². The van der Waals surface area contributed by atoms with Gasteiger partial charge in [0.05, 0.1) is 5.69 Å². The Bertz CT molecular complexity index is 869. The summed E-state index contributed by atoms with van der Waals surface area (Å²) in [6.45, 7) is 0.375. The second kappa shape index (κ2) is 6.81. The van der Waals surface area contributed by atoms with Crippen LogP contribution in [0.3, 0.4) is 0 Å². The zero-order valence-corrected chi connectivity index (χ0v) is 13.8. The van der Waals surface area contributed by atoms with Gasteiger partial charge in [0.15, 0.2) is 0 Å². The van der Waals surface area contributed by atoms with E-state index in [2.05, 4.69) is 10.4 Å². The molecular weight excluding hydrogens is 314 g/mol. The fourth-order valence-corrected chi connectivity index (χ4v) is 2.57. The molecule has 0 atom stereocenters. The first-order valence-electron chi connectivity index (χ1n) is 8.42. The van der Waals surface area contributed by atoms with Crippen molar-refractivity contribution in [3.63, 3.8) is 0 Å². The molecule has 4 rings (SSSR count). The van der Waals surface area contributed by atoms with Crippen LogP contribution in [0.2, 0.25) is 0 Å². The summed E-state index contributed by atoms with van der Waals surface area (Å²) in [5, 5.41) is 7.45. The van der Waals surface area contributed by atoms with E-state index in [4.69, 9.17) is 4.74 Å². The molecule has 1 aromatic heterocycles. The van der Waals surface area contributed by atoms with Crippen LogP contribution in [0, 0.1) is 5.92 Å². The summed E-state index contributed by atoms with van der Waals surface area (Å²) in [6.07, 6.45) is 3.90. The van der Waals surface area contributed by atoms with Crippen molar-refractivity contribution in [1.29, 1.82) is 0 Å². The lowest BCUT2D eigenvalue weighted by Crippen LogP contribution is -2.13. The lowest BCUT2D eigenvalue weighted by atomic mass is 10.3. The topological polar surface area (TPSA) is 56.1 Å². The van der Waals surface area contributed by atoms with Crippen LogP contribution in [0.4, 0.5) is 5.69 Å². The average Bonchev–Trinajstić information content (AvgIpc) is 3.40. The number of anilines is 1. The van der Waals surface area contributed by atoms with Gasteiger partial charge < -0.3 is 10.1 Å². The Morgan fingerprint density at radius 2 is 1.96 bits per heavy atom. The van der Waals surface area contributed by atoms with Crippen molar-refractivity contribution in [3.05, 3.63) is 72.6 Å². The number of rotatable bonds is 6. The van der Waals surface area contributed by atoms with Gasteiger partial charge in [0.1, 0.15) is 18.1 Å². The van der Waals surface area contributed by atoms with Crippen molar-refractivity contribution < 1.29 is 9.53 Å². The van der Waals surface area contributed by atoms with E-state index in [9.17, 15) is 4.79 Å². The van der Waals surface area contributed by atoms with Gasteiger partial charge in [0.2, 0.25) is 5.91 Å². The fourth-order valence-electron chi connectivity index (χ4n) is 2.57. The fraction of sp³-hybridized carbons (Fsp3) is 0.200. The molecule has 1 aliphatic carbocycles. The molecule has 3 aromatic rings. The number of aromatic nitrogens is 2. The first-order valence-corrected chi connectivity index (χ1v) is 8.42. The SMILES string of the molecule is O=C(Nc1cccc(OCc2ccn(-c3ccccc3)n2)c1)C1CC1. The van der Waals surface area contributed by atoms with E-state index in [-0.39, 0.29) is 11.8 Å². The minimum Gasteiger partial charge on any atom is -0.487 e. The molecule has 25 heavy (non-hydrogen) atoms. The van der Waals surface area contributed by atoms with Gasteiger partial charge in [-0.2, -0.15) is 5.10 Å². The van der Waals surface area contributed by atoms with E-state index >= 15 is 0 Å². The Labute approximate surface area is 146 Å². The van der Waals surface area contributed by atoms with Gasteiger partial charge in [0.25, 0.3) is 0 Å². The van der Waals surface area contributed by atoms with Gasteiger partial charge in [-0.15, -0.1) is 0 Å². The molecule has 126 valence electrons. The van der Waals surface area contributed by atoms with E-state index in [1.54, 1.807) is 0 Å². The van der Waals surface area contributed by atoms with Gasteiger partial charge in [-0.05, 0) is 43.2 Å². The molecule has 5 nitrogen and oxygen atoms in total. The molecular formula is C20H19N3O2. The molecule has 0 saturated heterocycles. The van der Waals surface area contributed by atoms with Crippen molar-refractivity contribution in [2.45, 2.75) is 19.4 Å². The highest BCUT2D eigenvalue weighted by Crippen LogP contribution is 2.30. The predicted molar refractivity (Wildman–Crippen MR) is 95.7 cm³/mol. The third-order valence-corrected chi connectivity index (χ3v) is 4.10. The number of amides is 1. The molecule has 1 amide bonds. The summed E-state index contributed by atoms with van der Waals surface area (Å²) in [5.74, 6) is 0.994. The molecule has 5 heteroatoms. The molecule has 0 bridgehead atoms. The number of ether oxygens (including phenoxy) is 1. The maximum Gasteiger partial charge on any atom is 0.227 e. The van der Waals surface area contributed by atoms with Crippen LogP contribution in [-0.4, -0.2) is 15.7 Å². The highest BCUT2D eigenvalue weighted by molar-refractivity contribution is 5.94. The molecule has 2 aromatic carbocycles. The highest BCUT2D eigenvalue weighted by atomic mass is 16.5. The Balaban J connectivity index is 1.38. The van der Waals surface area contributed by atoms with Crippen LogP contribution < -0.4 is 10.1 Å². The molecule has 1 aliphatic rings. The molecule has 1 fully saturated rings. The number of hydrogen-bond donors (Lipinski definition) is 1. The van der Waals surface area contributed by atoms with Crippen molar-refractivity contribution >= 4 is 11.6 Å². The summed E-state index contributed by atoms with van der Waals surface area (Å²) in [6, 6.07) is 19.3. The van der Waals surface area contributed by atoms with Crippen molar-refractivity contribution in [2.24, 2.45) is 5.92 Å². The Morgan fingerprint density at radius 1 is 1.12 bits per heavy atom. The summed E-state index contributed by atoms with van der Waals surface area (Å²) in [5.41, 5.74) is 2.62. The molecule has 0 spiro atoms. The maximum atomic E-state index is 11.8. The van der Waals surface area contributed by atoms with E-state index in [0.29, 0.717) is 12.4 Å². The number of carbonyl (C=O) groups excluding carboxylic acids is 1. The molecule has 0 aliphatic heterocycles. The number of para-hydroxylation sites is 1. The van der Waals surface area contributed by atoms with Crippen molar-refractivity contribution in [2.75, 3.05) is 5.32 Å². The minimum absolute atomic E-state index is 0.0961. The van der Waals surface area contributed by atoms with Crippen LogP contribution in [0.15, 0.2) is 66.9 Å². The van der Waals surface area contributed by atoms with Crippen LogP contribution in [0.1, 0.15) is 18.5 Å². The first-order chi connectivity index (χ1) is 12.3. The zero-order chi connectivity index (χ0) is 17.1. The second-order valence-corrected chi connectivity index (χ2v) is 6.17. The monoisotopic (exact) mass is 333 g/mol. The maximum absolute atomic E-state index is 11.8. The third-order valence-electron chi connectivity index (χ3n) is 4.10. The van der Waals surface area contributed by atoms with Crippen LogP contribution in [-0.2, 0) is 11.4 Å². The summed E-state index contributed by atoms with van der Waals surface area (Å²) in [4.78, 5) is 11.8. The van der Waals surface area contributed by atoms with E-state index < -0.39 is 0 Å². The van der Waals surface area contributed by atoms with Crippen LogP contribution >= 0.6 is 0 Å². The van der Waals surface area contributed by atoms with Gasteiger partial charge in [-0.3, -0.25) is 4.79 Å². The van der Waals surface area contributed by atoms with Crippen LogP contribution in [0.5, 0.6) is 5.75 Å². The van der Waals surface area contributed by atoms with Gasteiger partial charge >= 0.3 is 0 Å². The standard InChI is InChI=1S/C20H19N3O2/c24-20(15-9-10-15)21-16-5-4-8-19(13-16)25-14-17-11-12-23(22-17)18-6-2-1-3-7-18/h1-8,11-13,15H,9-10,14H2,(H,21,24). The number of benzene rings is 2. The number of carbonyl (C=O) groups is 1. The average molecular weight is 333 g/mol. The largest absolute Gasteiger partial charge is 0.487 e. The van der Waals surface area contributed by atoms with E-state index in [0.717, 1.165) is 29.9 Å². The minimum atomic E-state index is 0.0961. The summed E-state index contributed by atoms with van der Waals surface area (Å²) < 4.78 is 7.64. The smallest absolute Gasteiger partial charge is 0.227 e. The molecule has 0 radical (unpaired) electrons. The Kier molecular flexibility index (Phi) is 4.21. The van der Waals surface area contributed by atoms with Gasteiger partial charge in [0, 0.05) is 23.9 Å². The van der Waals surface area contributed by atoms with Crippen molar-refractivity contribution in [1.82, 2.24) is 9.78 Å². The molecule has 1 N–H and O–H groups in total. The van der Waals surface area contributed by atoms with Crippen LogP contribution in [0.25, 0.3) is 5.69 Å². The van der Waals surface area contributed by atoms with E-state index in [1.165, 1.54) is 0 Å². The lowest BCUT2D eigenvalue weighted by molar-refractivity contribution is -0.117. The normalized spacial score (nSPS) is 13.4. The molecule has 1 saturated carbocycles. The Morgan fingerprint density at radius 3 is 2.76 bits per heavy atom.